The molecule has 0 radical (unpaired) electrons. The van der Waals surface area contributed by atoms with E-state index >= 15 is 0 Å². The van der Waals surface area contributed by atoms with Crippen LogP contribution in [0.5, 0.6) is 0 Å². The van der Waals surface area contributed by atoms with E-state index in [1.807, 2.05) is 18.2 Å². The average Bonchev–Trinajstić information content (AvgIpc) is 2.89. The highest BCUT2D eigenvalue weighted by Gasteiger charge is 2.33. The first-order valence-corrected chi connectivity index (χ1v) is 7.77. The van der Waals surface area contributed by atoms with E-state index in [4.69, 9.17) is 11.6 Å². The predicted octanol–water partition coefficient (Wildman–Crippen LogP) is 3.99. The van der Waals surface area contributed by atoms with Crippen LogP contribution in [0.1, 0.15) is 6.92 Å². The Kier molecular flexibility index (Phi) is 4.58. The summed E-state index contributed by atoms with van der Waals surface area (Å²) >= 11 is 6.01. The molecular formula is C17H13ClN4O3. The number of amides is 1. The molecule has 3 rings (SSSR count). The predicted molar refractivity (Wildman–Crippen MR) is 96.8 cm³/mol. The lowest BCUT2D eigenvalue weighted by Crippen LogP contribution is -2.27. The lowest BCUT2D eigenvalue weighted by molar-refractivity contribution is -0.384. The van der Waals surface area contributed by atoms with Crippen molar-refractivity contribution in [2.75, 3.05) is 5.01 Å². The van der Waals surface area contributed by atoms with Crippen LogP contribution in [0.15, 0.2) is 58.6 Å². The number of carbonyl (C=O) groups is 1. The minimum Gasteiger partial charge on any atom is -0.271 e. The SMILES string of the molecule is CC1=NN(c2ccccc2)C(=O)C1C=Nc1ccc([N+](=O)[O-])cc1Cl. The molecule has 25 heavy (non-hydrogen) atoms. The lowest BCUT2D eigenvalue weighted by atomic mass is 10.1. The van der Waals surface area contributed by atoms with E-state index in [1.54, 1.807) is 19.1 Å². The highest BCUT2D eigenvalue weighted by molar-refractivity contribution is 6.33. The first-order chi connectivity index (χ1) is 12.0. The molecular weight excluding hydrogens is 344 g/mol. The summed E-state index contributed by atoms with van der Waals surface area (Å²) in [4.78, 5) is 27.0. The van der Waals surface area contributed by atoms with Crippen LogP contribution < -0.4 is 5.01 Å². The molecule has 1 aliphatic rings. The zero-order chi connectivity index (χ0) is 18.0. The molecule has 0 saturated carbocycles. The van der Waals surface area contributed by atoms with Crippen LogP contribution in [0.4, 0.5) is 17.1 Å². The van der Waals surface area contributed by atoms with Crippen LogP contribution in [0, 0.1) is 16.0 Å². The van der Waals surface area contributed by atoms with Gasteiger partial charge in [0.25, 0.3) is 11.6 Å². The van der Waals surface area contributed by atoms with Gasteiger partial charge in [0.15, 0.2) is 0 Å². The molecule has 0 aromatic heterocycles. The third kappa shape index (κ3) is 3.41. The van der Waals surface area contributed by atoms with Crippen molar-refractivity contribution in [1.29, 1.82) is 0 Å². The molecule has 0 N–H and O–H groups in total. The fourth-order valence-corrected chi connectivity index (χ4v) is 2.60. The summed E-state index contributed by atoms with van der Waals surface area (Å²) in [7, 11) is 0. The maximum absolute atomic E-state index is 12.6. The van der Waals surface area contributed by atoms with Crippen molar-refractivity contribution in [2.45, 2.75) is 6.92 Å². The summed E-state index contributed by atoms with van der Waals surface area (Å²) in [6.45, 7) is 1.75. The summed E-state index contributed by atoms with van der Waals surface area (Å²) in [6, 6.07) is 13.1. The molecule has 1 heterocycles. The van der Waals surface area contributed by atoms with Crippen LogP contribution >= 0.6 is 11.6 Å². The second-order valence-electron chi connectivity index (χ2n) is 5.38. The number of nitrogens with zero attached hydrogens (tertiary/aromatic N) is 4. The molecule has 1 amide bonds. The maximum Gasteiger partial charge on any atom is 0.271 e. The number of rotatable bonds is 4. The molecule has 8 heteroatoms. The van der Waals surface area contributed by atoms with Crippen LogP contribution in [0.3, 0.4) is 0 Å². The van der Waals surface area contributed by atoms with Crippen LogP contribution in [0.25, 0.3) is 0 Å². The topological polar surface area (TPSA) is 88.2 Å². The average molecular weight is 357 g/mol. The number of halogens is 1. The highest BCUT2D eigenvalue weighted by atomic mass is 35.5. The number of non-ortho nitro benzene ring substituents is 1. The van der Waals surface area contributed by atoms with Gasteiger partial charge < -0.3 is 0 Å². The third-order valence-electron chi connectivity index (χ3n) is 3.69. The summed E-state index contributed by atoms with van der Waals surface area (Å²) in [5, 5.41) is 16.5. The Morgan fingerprint density at radius 3 is 2.64 bits per heavy atom. The minimum absolute atomic E-state index is 0.117. The molecule has 0 spiro atoms. The number of hydrogen-bond acceptors (Lipinski definition) is 5. The quantitative estimate of drug-likeness (QED) is 0.471. The van der Waals surface area contributed by atoms with Crippen molar-refractivity contribution in [3.63, 3.8) is 0 Å². The van der Waals surface area contributed by atoms with Gasteiger partial charge in [-0.15, -0.1) is 0 Å². The second-order valence-corrected chi connectivity index (χ2v) is 5.78. The number of hydrazone groups is 1. The Bertz CT molecular complexity index is 896. The number of benzene rings is 2. The minimum atomic E-state index is -0.605. The normalized spacial score (nSPS) is 17.2. The van der Waals surface area contributed by atoms with Gasteiger partial charge in [0.2, 0.25) is 0 Å². The lowest BCUT2D eigenvalue weighted by Gasteiger charge is -2.12. The van der Waals surface area contributed by atoms with Crippen molar-refractivity contribution in [2.24, 2.45) is 16.0 Å². The van der Waals surface area contributed by atoms with Crippen molar-refractivity contribution >= 4 is 46.5 Å². The van der Waals surface area contributed by atoms with Gasteiger partial charge in [-0.2, -0.15) is 10.1 Å². The van der Waals surface area contributed by atoms with Gasteiger partial charge >= 0.3 is 0 Å². The molecule has 0 saturated heterocycles. The number of hydrogen-bond donors (Lipinski definition) is 0. The van der Waals surface area contributed by atoms with Crippen molar-refractivity contribution < 1.29 is 9.72 Å². The van der Waals surface area contributed by atoms with Gasteiger partial charge in [0.05, 0.1) is 27.0 Å². The maximum atomic E-state index is 12.6. The fourth-order valence-electron chi connectivity index (χ4n) is 2.37. The molecule has 0 aliphatic carbocycles. The van der Waals surface area contributed by atoms with E-state index in [2.05, 4.69) is 10.1 Å². The Balaban J connectivity index is 1.82. The van der Waals surface area contributed by atoms with E-state index in [-0.39, 0.29) is 16.6 Å². The van der Waals surface area contributed by atoms with Crippen LogP contribution in [-0.4, -0.2) is 22.8 Å². The van der Waals surface area contributed by atoms with Gasteiger partial charge in [-0.05, 0) is 25.1 Å². The van der Waals surface area contributed by atoms with Gasteiger partial charge in [0.1, 0.15) is 5.92 Å². The monoisotopic (exact) mass is 356 g/mol. The van der Waals surface area contributed by atoms with Gasteiger partial charge in [-0.25, -0.2) is 0 Å². The Morgan fingerprint density at radius 1 is 1.28 bits per heavy atom. The van der Waals surface area contributed by atoms with Crippen LogP contribution in [0.2, 0.25) is 5.02 Å². The Hall–Kier alpha value is -3.06. The number of para-hydroxylation sites is 1. The number of nitro benzene ring substituents is 1. The van der Waals surface area contributed by atoms with Crippen molar-refractivity contribution in [3.8, 4) is 0 Å². The zero-order valence-electron chi connectivity index (χ0n) is 13.2. The zero-order valence-corrected chi connectivity index (χ0v) is 13.9. The third-order valence-corrected chi connectivity index (χ3v) is 3.99. The summed E-state index contributed by atoms with van der Waals surface area (Å²) in [5.41, 5.74) is 1.52. The van der Waals surface area contributed by atoms with E-state index in [0.29, 0.717) is 17.1 Å². The second kappa shape index (κ2) is 6.82. The number of nitro groups is 1. The number of carbonyl (C=O) groups excluding carboxylic acids is 1. The van der Waals surface area contributed by atoms with Crippen molar-refractivity contribution in [1.82, 2.24) is 0 Å². The summed E-state index contributed by atoms with van der Waals surface area (Å²) in [6.07, 6.45) is 1.46. The molecule has 126 valence electrons. The van der Waals surface area contributed by atoms with Gasteiger partial charge in [-0.1, -0.05) is 29.8 Å². The number of aliphatic imine (C=N–C) groups is 1. The molecule has 1 unspecified atom stereocenters. The fraction of sp³-hybridized carbons (Fsp3) is 0.118. The van der Waals surface area contributed by atoms with E-state index in [0.717, 1.165) is 0 Å². The standard InChI is InChI=1S/C17H13ClN4O3/c1-11-14(17(23)21(20-11)12-5-3-2-4-6-12)10-19-16-8-7-13(22(24)25)9-15(16)18/h2-10,14H,1H3. The highest BCUT2D eigenvalue weighted by Crippen LogP contribution is 2.29. The van der Waals surface area contributed by atoms with Gasteiger partial charge in [0, 0.05) is 18.3 Å². The molecule has 1 atom stereocenters. The van der Waals surface area contributed by atoms with E-state index in [9.17, 15) is 14.9 Å². The molecule has 1 aliphatic heterocycles. The van der Waals surface area contributed by atoms with Crippen molar-refractivity contribution in [3.05, 3.63) is 63.7 Å². The number of anilines is 1. The summed E-state index contributed by atoms with van der Waals surface area (Å²) < 4.78 is 0. The molecule has 2 aromatic carbocycles. The molecule has 2 aromatic rings. The van der Waals surface area contributed by atoms with Crippen LogP contribution in [-0.2, 0) is 4.79 Å². The molecule has 7 nitrogen and oxygen atoms in total. The van der Waals surface area contributed by atoms with E-state index in [1.165, 1.54) is 29.4 Å². The van der Waals surface area contributed by atoms with E-state index < -0.39 is 10.8 Å². The summed E-state index contributed by atoms with van der Waals surface area (Å²) in [5.74, 6) is -0.822. The largest absolute Gasteiger partial charge is 0.271 e. The first kappa shape index (κ1) is 16.8. The smallest absolute Gasteiger partial charge is 0.271 e. The van der Waals surface area contributed by atoms with Gasteiger partial charge in [-0.3, -0.25) is 19.9 Å². The molecule has 0 bridgehead atoms. The Labute approximate surface area is 148 Å². The Morgan fingerprint density at radius 2 is 2.00 bits per heavy atom. The first-order valence-electron chi connectivity index (χ1n) is 7.39. The molecule has 0 fully saturated rings.